The lowest BCUT2D eigenvalue weighted by Gasteiger charge is -2.39. The number of nitrogens with zero attached hydrogens (tertiary/aromatic N) is 3. The molecule has 0 saturated carbocycles. The van der Waals surface area contributed by atoms with Crippen molar-refractivity contribution in [1.82, 2.24) is 8.61 Å². The molecule has 2 aliphatic heterocycles. The minimum atomic E-state index is -3.27. The van der Waals surface area contributed by atoms with E-state index < -0.39 is 10.2 Å². The van der Waals surface area contributed by atoms with E-state index in [1.807, 2.05) is 0 Å². The van der Waals surface area contributed by atoms with E-state index in [1.54, 1.807) is 8.61 Å². The van der Waals surface area contributed by atoms with E-state index in [2.05, 4.69) is 36.9 Å². The summed E-state index contributed by atoms with van der Waals surface area (Å²) in [7, 11) is -3.27. The van der Waals surface area contributed by atoms with Gasteiger partial charge in [0.25, 0.3) is 10.2 Å². The first-order valence-electron chi connectivity index (χ1n) is 8.56. The molecule has 0 aliphatic carbocycles. The van der Waals surface area contributed by atoms with Crippen LogP contribution in [0.2, 0.25) is 0 Å². The lowest BCUT2D eigenvalue weighted by molar-refractivity contribution is 0.295. The number of piperazine rings is 1. The number of hydrogen-bond donors (Lipinski definition) is 0. The summed E-state index contributed by atoms with van der Waals surface area (Å²) >= 11 is 0. The first kappa shape index (κ1) is 16.7. The van der Waals surface area contributed by atoms with Gasteiger partial charge < -0.3 is 4.90 Å². The molecule has 2 aliphatic rings. The molecule has 0 unspecified atom stereocenters. The zero-order valence-electron chi connectivity index (χ0n) is 14.2. The largest absolute Gasteiger partial charge is 0.369 e. The van der Waals surface area contributed by atoms with Gasteiger partial charge in [0.05, 0.1) is 0 Å². The number of benzene rings is 1. The molecule has 0 radical (unpaired) electrons. The summed E-state index contributed by atoms with van der Waals surface area (Å²) in [6, 6.07) is 6.33. The van der Waals surface area contributed by atoms with Crippen LogP contribution in [0.25, 0.3) is 0 Å². The van der Waals surface area contributed by atoms with Gasteiger partial charge in [0, 0.05) is 45.0 Å². The molecule has 0 N–H and O–H groups in total. The number of rotatable bonds is 3. The number of piperidine rings is 1. The maximum absolute atomic E-state index is 12.7. The Kier molecular flexibility index (Phi) is 4.94. The number of hydrogen-bond acceptors (Lipinski definition) is 3. The van der Waals surface area contributed by atoms with Crippen LogP contribution in [0.5, 0.6) is 0 Å². The predicted octanol–water partition coefficient (Wildman–Crippen LogP) is 2.16. The third-order valence-electron chi connectivity index (χ3n) is 5.12. The Labute approximate surface area is 140 Å². The fourth-order valence-electron chi connectivity index (χ4n) is 3.50. The average molecular weight is 337 g/mol. The second-order valence-electron chi connectivity index (χ2n) is 6.57. The third kappa shape index (κ3) is 3.39. The van der Waals surface area contributed by atoms with Gasteiger partial charge in [-0.1, -0.05) is 18.6 Å². The van der Waals surface area contributed by atoms with Gasteiger partial charge in [0.15, 0.2) is 0 Å². The summed E-state index contributed by atoms with van der Waals surface area (Å²) < 4.78 is 28.8. The van der Waals surface area contributed by atoms with Gasteiger partial charge in [-0.05, 0) is 43.9 Å². The highest BCUT2D eigenvalue weighted by atomic mass is 32.2. The van der Waals surface area contributed by atoms with Crippen LogP contribution in [-0.2, 0) is 10.2 Å². The highest BCUT2D eigenvalue weighted by Crippen LogP contribution is 2.25. The van der Waals surface area contributed by atoms with Crippen LogP contribution >= 0.6 is 0 Å². The number of aryl methyl sites for hydroxylation is 1. The first-order valence-corrected chi connectivity index (χ1v) is 9.96. The molecule has 2 heterocycles. The van der Waals surface area contributed by atoms with Gasteiger partial charge in [-0.2, -0.15) is 17.0 Å². The van der Waals surface area contributed by atoms with Crippen molar-refractivity contribution in [2.45, 2.75) is 33.1 Å². The molecule has 1 aromatic carbocycles. The van der Waals surface area contributed by atoms with Gasteiger partial charge in [-0.15, -0.1) is 0 Å². The molecule has 1 aromatic rings. The summed E-state index contributed by atoms with van der Waals surface area (Å²) in [6.45, 7) is 8.30. The van der Waals surface area contributed by atoms with Crippen LogP contribution in [0, 0.1) is 13.8 Å². The van der Waals surface area contributed by atoms with Crippen molar-refractivity contribution in [3.63, 3.8) is 0 Å². The Balaban J connectivity index is 1.67. The highest BCUT2D eigenvalue weighted by molar-refractivity contribution is 7.86. The topological polar surface area (TPSA) is 43.9 Å². The summed E-state index contributed by atoms with van der Waals surface area (Å²) in [6.07, 6.45) is 3.12. The molecule has 0 bridgehead atoms. The summed E-state index contributed by atoms with van der Waals surface area (Å²) in [5, 5.41) is 0. The molecule has 2 saturated heterocycles. The summed E-state index contributed by atoms with van der Waals surface area (Å²) in [4.78, 5) is 2.31. The zero-order chi connectivity index (χ0) is 16.4. The van der Waals surface area contributed by atoms with Crippen molar-refractivity contribution in [1.29, 1.82) is 0 Å². The van der Waals surface area contributed by atoms with Crippen LogP contribution in [0.4, 0.5) is 5.69 Å². The van der Waals surface area contributed by atoms with Crippen LogP contribution < -0.4 is 4.90 Å². The molecule has 23 heavy (non-hydrogen) atoms. The monoisotopic (exact) mass is 337 g/mol. The van der Waals surface area contributed by atoms with E-state index in [1.165, 1.54) is 16.8 Å². The summed E-state index contributed by atoms with van der Waals surface area (Å²) in [5.41, 5.74) is 3.81. The lowest BCUT2D eigenvalue weighted by Crippen LogP contribution is -2.54. The molecule has 0 amide bonds. The molecule has 0 aromatic heterocycles. The van der Waals surface area contributed by atoms with Crippen LogP contribution in [0.3, 0.4) is 0 Å². The van der Waals surface area contributed by atoms with Gasteiger partial charge in [-0.3, -0.25) is 0 Å². The number of anilines is 1. The minimum absolute atomic E-state index is 0.576. The van der Waals surface area contributed by atoms with E-state index in [4.69, 9.17) is 0 Å². The van der Waals surface area contributed by atoms with Gasteiger partial charge >= 0.3 is 0 Å². The molecular formula is C17H27N3O2S. The molecule has 0 spiro atoms. The molecule has 0 atom stereocenters. The first-order chi connectivity index (χ1) is 11.0. The standard InChI is InChI=1S/C17H27N3O2S/c1-15-7-6-8-17(16(15)2)18-11-13-20(14-12-18)23(21,22)19-9-4-3-5-10-19/h6-8H,3-5,9-14H2,1-2H3. The maximum Gasteiger partial charge on any atom is 0.282 e. The highest BCUT2D eigenvalue weighted by Gasteiger charge is 2.33. The quantitative estimate of drug-likeness (QED) is 0.849. The van der Waals surface area contributed by atoms with Crippen LogP contribution in [-0.4, -0.2) is 56.3 Å². The summed E-state index contributed by atoms with van der Waals surface area (Å²) in [5.74, 6) is 0. The van der Waals surface area contributed by atoms with Crippen molar-refractivity contribution in [2.24, 2.45) is 0 Å². The van der Waals surface area contributed by atoms with Crippen molar-refractivity contribution in [3.05, 3.63) is 29.3 Å². The van der Waals surface area contributed by atoms with Crippen molar-refractivity contribution >= 4 is 15.9 Å². The molecule has 6 heteroatoms. The molecule has 128 valence electrons. The molecule has 5 nitrogen and oxygen atoms in total. The Morgan fingerprint density at radius 2 is 1.43 bits per heavy atom. The Hall–Kier alpha value is -1.11. The minimum Gasteiger partial charge on any atom is -0.369 e. The van der Waals surface area contributed by atoms with Crippen molar-refractivity contribution in [2.75, 3.05) is 44.2 Å². The van der Waals surface area contributed by atoms with Gasteiger partial charge in [0.2, 0.25) is 0 Å². The van der Waals surface area contributed by atoms with Gasteiger partial charge in [-0.25, -0.2) is 0 Å². The zero-order valence-corrected chi connectivity index (χ0v) is 15.0. The SMILES string of the molecule is Cc1cccc(N2CCN(S(=O)(=O)N3CCCCC3)CC2)c1C. The second kappa shape index (κ2) is 6.79. The predicted molar refractivity (Wildman–Crippen MR) is 94.0 cm³/mol. The Morgan fingerprint density at radius 1 is 0.826 bits per heavy atom. The normalized spacial score (nSPS) is 21.6. The smallest absolute Gasteiger partial charge is 0.282 e. The van der Waals surface area contributed by atoms with Crippen LogP contribution in [0.1, 0.15) is 30.4 Å². The van der Waals surface area contributed by atoms with Crippen molar-refractivity contribution < 1.29 is 8.42 Å². The van der Waals surface area contributed by atoms with Crippen molar-refractivity contribution in [3.8, 4) is 0 Å². The van der Waals surface area contributed by atoms with Crippen LogP contribution in [0.15, 0.2) is 18.2 Å². The maximum atomic E-state index is 12.7. The average Bonchev–Trinajstić information content (AvgIpc) is 2.58. The molecule has 3 rings (SSSR count). The van der Waals surface area contributed by atoms with E-state index in [-0.39, 0.29) is 0 Å². The second-order valence-corrected chi connectivity index (χ2v) is 8.50. The van der Waals surface area contributed by atoms with E-state index >= 15 is 0 Å². The fourth-order valence-corrected chi connectivity index (χ4v) is 5.17. The van der Waals surface area contributed by atoms with E-state index in [0.717, 1.165) is 32.4 Å². The molecular weight excluding hydrogens is 310 g/mol. The van der Waals surface area contributed by atoms with Gasteiger partial charge in [0.1, 0.15) is 0 Å². The van der Waals surface area contributed by atoms with E-state index in [0.29, 0.717) is 26.2 Å². The Bertz CT molecular complexity index is 646. The van der Waals surface area contributed by atoms with E-state index in [9.17, 15) is 8.42 Å². The molecule has 2 fully saturated rings. The Morgan fingerprint density at radius 3 is 2.09 bits per heavy atom. The lowest BCUT2D eigenvalue weighted by atomic mass is 10.1. The fraction of sp³-hybridized carbons (Fsp3) is 0.647. The third-order valence-corrected chi connectivity index (χ3v) is 7.16.